The lowest BCUT2D eigenvalue weighted by molar-refractivity contribution is 0.201. The molecule has 0 fully saturated rings. The highest BCUT2D eigenvalue weighted by molar-refractivity contribution is 7.07. The maximum absolute atomic E-state index is 6.41. The molecule has 0 amide bonds. The van der Waals surface area contributed by atoms with Crippen molar-refractivity contribution in [3.05, 3.63) is 57.8 Å². The summed E-state index contributed by atoms with van der Waals surface area (Å²) in [5.41, 5.74) is 10.4. The van der Waals surface area contributed by atoms with Crippen molar-refractivity contribution in [1.29, 1.82) is 0 Å². The van der Waals surface area contributed by atoms with Crippen molar-refractivity contribution >= 4 is 11.3 Å². The summed E-state index contributed by atoms with van der Waals surface area (Å²) >= 11 is 1.75. The average molecular weight is 288 g/mol. The van der Waals surface area contributed by atoms with Crippen LogP contribution in [0.5, 0.6) is 0 Å². The van der Waals surface area contributed by atoms with E-state index in [1.54, 1.807) is 11.3 Å². The molecule has 0 saturated heterocycles. The van der Waals surface area contributed by atoms with E-state index in [9.17, 15) is 0 Å². The Labute approximate surface area is 126 Å². The highest BCUT2D eigenvalue weighted by atomic mass is 32.1. The van der Waals surface area contributed by atoms with Crippen LogP contribution in [0.4, 0.5) is 0 Å². The minimum Gasteiger partial charge on any atom is -0.326 e. The van der Waals surface area contributed by atoms with E-state index in [1.807, 2.05) is 0 Å². The van der Waals surface area contributed by atoms with Crippen LogP contribution in [0.1, 0.15) is 36.1 Å². The first-order valence-electron chi connectivity index (χ1n) is 7.16. The molecule has 1 aromatic heterocycles. The Morgan fingerprint density at radius 1 is 1.25 bits per heavy atom. The highest BCUT2D eigenvalue weighted by Crippen LogP contribution is 2.28. The molecule has 2 nitrogen and oxygen atoms in total. The van der Waals surface area contributed by atoms with Gasteiger partial charge in [0.2, 0.25) is 0 Å². The van der Waals surface area contributed by atoms with Gasteiger partial charge >= 0.3 is 0 Å². The van der Waals surface area contributed by atoms with E-state index in [2.05, 4.69) is 66.9 Å². The molecule has 2 N–H and O–H groups in total. The topological polar surface area (TPSA) is 29.3 Å². The van der Waals surface area contributed by atoms with E-state index in [1.165, 1.54) is 16.7 Å². The molecule has 1 heterocycles. The molecule has 0 aliphatic heterocycles. The van der Waals surface area contributed by atoms with Gasteiger partial charge in [0.05, 0.1) is 6.04 Å². The molecule has 0 radical (unpaired) electrons. The highest BCUT2D eigenvalue weighted by Gasteiger charge is 2.24. The van der Waals surface area contributed by atoms with Gasteiger partial charge in [0.1, 0.15) is 0 Å². The van der Waals surface area contributed by atoms with Crippen LogP contribution < -0.4 is 5.73 Å². The number of aryl methyl sites for hydroxylation is 1. The SMILES string of the molecule is CCC(N)C(c1ccccc1C)N(C)Cc1ccsc1. The van der Waals surface area contributed by atoms with E-state index in [0.717, 1.165) is 13.0 Å². The number of nitrogens with two attached hydrogens (primary N) is 1. The first kappa shape index (κ1) is 15.2. The molecule has 2 aromatic rings. The summed E-state index contributed by atoms with van der Waals surface area (Å²) in [5, 5.41) is 4.34. The Bertz CT molecular complexity index is 522. The van der Waals surface area contributed by atoms with Crippen molar-refractivity contribution < 1.29 is 0 Å². The zero-order valence-electron chi connectivity index (χ0n) is 12.5. The second-order valence-electron chi connectivity index (χ2n) is 5.42. The fourth-order valence-corrected chi connectivity index (χ4v) is 3.37. The van der Waals surface area contributed by atoms with Crippen molar-refractivity contribution in [1.82, 2.24) is 4.90 Å². The van der Waals surface area contributed by atoms with Crippen molar-refractivity contribution in [2.45, 2.75) is 38.9 Å². The third-order valence-corrected chi connectivity index (χ3v) is 4.60. The maximum Gasteiger partial charge on any atom is 0.0502 e. The standard InChI is InChI=1S/C17H24N2S/c1-4-16(18)17(15-8-6-5-7-13(15)2)19(3)11-14-9-10-20-12-14/h5-10,12,16-17H,4,11,18H2,1-3H3. The van der Waals surface area contributed by atoms with Crippen molar-refractivity contribution in [3.63, 3.8) is 0 Å². The zero-order valence-corrected chi connectivity index (χ0v) is 13.4. The Balaban J connectivity index is 2.25. The number of benzene rings is 1. The molecule has 0 aliphatic carbocycles. The number of likely N-dealkylation sites (N-methyl/N-ethyl adjacent to an activating group) is 1. The number of rotatable bonds is 6. The number of hydrogen-bond acceptors (Lipinski definition) is 3. The molecule has 0 saturated carbocycles. The quantitative estimate of drug-likeness (QED) is 0.871. The van der Waals surface area contributed by atoms with Crippen LogP contribution in [0, 0.1) is 6.92 Å². The molecule has 2 rings (SSSR count). The van der Waals surface area contributed by atoms with Crippen LogP contribution in [0.25, 0.3) is 0 Å². The van der Waals surface area contributed by atoms with Gasteiger partial charge in [-0.15, -0.1) is 0 Å². The fraction of sp³-hybridized carbons (Fsp3) is 0.412. The van der Waals surface area contributed by atoms with Gasteiger partial charge in [0.25, 0.3) is 0 Å². The summed E-state index contributed by atoms with van der Waals surface area (Å²) < 4.78 is 0. The Kier molecular flexibility index (Phi) is 5.35. The van der Waals surface area contributed by atoms with E-state index >= 15 is 0 Å². The number of nitrogens with zero attached hydrogens (tertiary/aromatic N) is 1. The lowest BCUT2D eigenvalue weighted by Crippen LogP contribution is -2.38. The second kappa shape index (κ2) is 7.02. The minimum absolute atomic E-state index is 0.153. The molecule has 108 valence electrons. The van der Waals surface area contributed by atoms with Crippen molar-refractivity contribution in [2.75, 3.05) is 7.05 Å². The van der Waals surface area contributed by atoms with Gasteiger partial charge < -0.3 is 5.73 Å². The summed E-state index contributed by atoms with van der Waals surface area (Å²) in [7, 11) is 2.17. The molecule has 3 heteroatoms. The second-order valence-corrected chi connectivity index (χ2v) is 6.20. The third kappa shape index (κ3) is 3.48. The van der Waals surface area contributed by atoms with Gasteiger partial charge in [0, 0.05) is 12.6 Å². The van der Waals surface area contributed by atoms with Crippen molar-refractivity contribution in [3.8, 4) is 0 Å². The van der Waals surface area contributed by atoms with Crippen LogP contribution in [0.15, 0.2) is 41.1 Å². The normalized spacial score (nSPS) is 14.4. The Morgan fingerprint density at radius 3 is 2.60 bits per heavy atom. The summed E-state index contributed by atoms with van der Waals surface area (Å²) in [6.45, 7) is 5.27. The van der Waals surface area contributed by atoms with Gasteiger partial charge in [-0.05, 0) is 53.9 Å². The molecular weight excluding hydrogens is 264 g/mol. The lowest BCUT2D eigenvalue weighted by atomic mass is 9.93. The van der Waals surface area contributed by atoms with Crippen molar-refractivity contribution in [2.24, 2.45) is 5.73 Å². The van der Waals surface area contributed by atoms with Crippen LogP contribution in [0.3, 0.4) is 0 Å². The first-order valence-corrected chi connectivity index (χ1v) is 8.10. The summed E-state index contributed by atoms with van der Waals surface area (Å²) in [5.74, 6) is 0. The van der Waals surface area contributed by atoms with Gasteiger partial charge in [-0.25, -0.2) is 0 Å². The smallest absolute Gasteiger partial charge is 0.0502 e. The van der Waals surface area contributed by atoms with Gasteiger partial charge in [-0.2, -0.15) is 11.3 Å². The predicted molar refractivity (Wildman–Crippen MR) is 88.0 cm³/mol. The van der Waals surface area contributed by atoms with E-state index in [-0.39, 0.29) is 12.1 Å². The van der Waals surface area contributed by atoms with E-state index in [0.29, 0.717) is 0 Å². The largest absolute Gasteiger partial charge is 0.326 e. The molecule has 0 bridgehead atoms. The molecule has 2 unspecified atom stereocenters. The number of hydrogen-bond donors (Lipinski definition) is 1. The van der Waals surface area contributed by atoms with Crippen LogP contribution in [-0.4, -0.2) is 18.0 Å². The van der Waals surface area contributed by atoms with Crippen LogP contribution >= 0.6 is 11.3 Å². The summed E-state index contributed by atoms with van der Waals surface area (Å²) in [6, 6.07) is 11.2. The van der Waals surface area contributed by atoms with E-state index in [4.69, 9.17) is 5.73 Å². The predicted octanol–water partition coefficient (Wildman–Crippen LogP) is 3.97. The molecule has 20 heavy (non-hydrogen) atoms. The van der Waals surface area contributed by atoms with Crippen LogP contribution in [0.2, 0.25) is 0 Å². The number of thiophene rings is 1. The van der Waals surface area contributed by atoms with Gasteiger partial charge in [-0.1, -0.05) is 31.2 Å². The Hall–Kier alpha value is -1.16. The van der Waals surface area contributed by atoms with Crippen LogP contribution in [-0.2, 0) is 6.54 Å². The fourth-order valence-electron chi connectivity index (χ4n) is 2.71. The molecule has 1 aromatic carbocycles. The first-order chi connectivity index (χ1) is 9.63. The summed E-state index contributed by atoms with van der Waals surface area (Å²) in [6.07, 6.45) is 0.979. The minimum atomic E-state index is 0.153. The molecule has 0 spiro atoms. The van der Waals surface area contributed by atoms with Gasteiger partial charge in [0.15, 0.2) is 0 Å². The molecule has 2 atom stereocenters. The third-order valence-electron chi connectivity index (χ3n) is 3.87. The Morgan fingerprint density at radius 2 is 2.00 bits per heavy atom. The molecule has 0 aliphatic rings. The zero-order chi connectivity index (χ0) is 14.5. The maximum atomic E-state index is 6.41. The summed E-state index contributed by atoms with van der Waals surface area (Å²) in [4.78, 5) is 2.37. The lowest BCUT2D eigenvalue weighted by Gasteiger charge is -2.33. The van der Waals surface area contributed by atoms with E-state index < -0.39 is 0 Å². The monoisotopic (exact) mass is 288 g/mol. The molecular formula is C17H24N2S. The average Bonchev–Trinajstić information content (AvgIpc) is 2.93. The van der Waals surface area contributed by atoms with Gasteiger partial charge in [-0.3, -0.25) is 4.90 Å².